The fourth-order valence-electron chi connectivity index (χ4n) is 18.3. The van der Waals surface area contributed by atoms with E-state index < -0.39 is 31.9 Å². The van der Waals surface area contributed by atoms with Crippen LogP contribution in [0.25, 0.3) is 33.4 Å². The van der Waals surface area contributed by atoms with Crippen LogP contribution in [-0.2, 0) is 39.1 Å². The lowest BCUT2D eigenvalue weighted by molar-refractivity contribution is -0.131. The van der Waals surface area contributed by atoms with Gasteiger partial charge in [-0.2, -0.15) is 10.2 Å². The Morgan fingerprint density at radius 1 is 0.545 bits per heavy atom. The smallest absolute Gasteiger partial charge is 0.354 e. The molecule has 14 heterocycles. The van der Waals surface area contributed by atoms with Crippen molar-refractivity contribution in [3.63, 3.8) is 0 Å². The number of carbonyl (C=O) groups is 5. The molecule has 4 atom stereocenters. The molecule has 2 aromatic carbocycles. The van der Waals surface area contributed by atoms with Crippen molar-refractivity contribution in [1.29, 1.82) is 0 Å². The van der Waals surface area contributed by atoms with E-state index in [1.807, 2.05) is 75.1 Å². The molecule has 123 heavy (non-hydrogen) atoms. The number of nitrogens with zero attached hydrogens (tertiary/aromatic N) is 19. The van der Waals surface area contributed by atoms with Crippen molar-refractivity contribution in [3.8, 4) is 11.4 Å². The predicted molar refractivity (Wildman–Crippen MR) is 474 cm³/mol. The molecule has 8 aliphatic heterocycles. The van der Waals surface area contributed by atoms with Gasteiger partial charge in [-0.3, -0.25) is 38.3 Å². The number of likely N-dealkylation sites (tertiary alicyclic amines) is 2. The zero-order valence-corrected chi connectivity index (χ0v) is 73.8. The zero-order valence-electron chi connectivity index (χ0n) is 72.2. The van der Waals surface area contributed by atoms with E-state index in [1.165, 1.54) is 98.9 Å². The molecule has 666 valence electrons. The fourth-order valence-corrected chi connectivity index (χ4v) is 19.9. The molecule has 0 unspecified atom stereocenters. The van der Waals surface area contributed by atoms with E-state index in [1.54, 1.807) is 55.4 Å². The van der Waals surface area contributed by atoms with Crippen molar-refractivity contribution >= 4 is 89.0 Å². The Morgan fingerprint density at radius 3 is 1.45 bits per heavy atom. The van der Waals surface area contributed by atoms with E-state index in [0.29, 0.717) is 74.1 Å². The Labute approximate surface area is 722 Å². The number of fused-ring (bicyclic) bond motifs is 5. The van der Waals surface area contributed by atoms with Gasteiger partial charge in [0, 0.05) is 154 Å². The summed E-state index contributed by atoms with van der Waals surface area (Å²) in [4.78, 5) is 101. The van der Waals surface area contributed by atoms with E-state index in [2.05, 4.69) is 74.8 Å². The molecule has 2 aliphatic carbocycles. The standard InChI is InChI=1S/C33H43N7O5S.C26H29N5O3.C9H16N2.C7H6N4O.C7H16N2O3S.C6H15N/c1-23(41)39-15-11-25-22-38(14-12-28(25)39)29-21-27(33(42)36-46(43,44)20-6-13-37-16-18-45-19-17-37)34-32-30(29)31(24-7-5-8-24)35-40(32)26-9-3-2-4-10-26;1-16(32)30-13-10-18-15-29(12-11-21(18)30)22-14-20(26(33)34)27-25-23(22)24(17-6-5-7-17)28-31(25)19-8-3-2-4-9-19;1-2-5-9-10-6-4-8-11(9)7-3-1;12-7(10-3-1-8-5-10)11-4-2-9-6-11;8-13(10,11)7-1-2-9-3-5-12-6-4-9;1-4-7(5-2)6-3/h2-4,9-10,21,24-25,28H,5-8,11-20,22H2,1H3,(H,36,42);2-4,8-9,14,17-18,21H,5-7,10-13,15H2,1H3,(H,33,34);1-8H2;1-6H;1-7H2,(H2,8,10,11);4-6H2,1-3H3/t25-,28+;18-,21+;;;;/m11..../s1. The van der Waals surface area contributed by atoms with E-state index >= 15 is 0 Å². The number of hydrogen-bond donors (Lipinski definition) is 3. The maximum absolute atomic E-state index is 13.7. The number of aromatic nitrogens is 10. The summed E-state index contributed by atoms with van der Waals surface area (Å²) >= 11 is 0. The van der Waals surface area contributed by atoms with Crippen LogP contribution in [0.4, 0.5) is 16.2 Å². The Hall–Kier alpha value is -9.62. The van der Waals surface area contributed by atoms with Crippen LogP contribution in [-0.4, -0.2) is 303 Å². The van der Waals surface area contributed by atoms with Crippen LogP contribution in [0, 0.1) is 11.8 Å². The summed E-state index contributed by atoms with van der Waals surface area (Å²) < 4.78 is 66.6. The molecule has 9 fully saturated rings. The second-order valence-electron chi connectivity index (χ2n) is 33.4. The van der Waals surface area contributed by atoms with Gasteiger partial charge in [0.15, 0.2) is 17.0 Å². The van der Waals surface area contributed by atoms with Crippen LogP contribution in [0.3, 0.4) is 0 Å². The summed E-state index contributed by atoms with van der Waals surface area (Å²) in [6.45, 7) is 29.2. The summed E-state index contributed by atoms with van der Waals surface area (Å²) in [6, 6.07) is 23.4. The molecule has 0 spiro atoms. The zero-order chi connectivity index (χ0) is 86.6. The minimum Gasteiger partial charge on any atom is -0.477 e. The van der Waals surface area contributed by atoms with Crippen molar-refractivity contribution < 1.29 is 55.4 Å². The third-order valence-electron chi connectivity index (χ3n) is 25.5. The predicted octanol–water partition coefficient (Wildman–Crippen LogP) is 9.36. The Bertz CT molecular complexity index is 5030. The van der Waals surface area contributed by atoms with Gasteiger partial charge in [-0.25, -0.2) is 65.6 Å². The number of amides is 3. The third kappa shape index (κ3) is 23.7. The average molecular weight is 1730 g/mol. The number of aliphatic imine (C=N–C) groups is 1. The number of morpholine rings is 2. The molecule has 18 rings (SSSR count). The maximum atomic E-state index is 13.7. The van der Waals surface area contributed by atoms with Gasteiger partial charge in [-0.05, 0) is 164 Å². The Morgan fingerprint density at radius 2 is 1.02 bits per heavy atom. The third-order valence-corrected chi connectivity index (χ3v) is 27.7. The van der Waals surface area contributed by atoms with Crippen molar-refractivity contribution in [3.05, 3.63) is 133 Å². The molecule has 6 aromatic heterocycles. The van der Waals surface area contributed by atoms with Gasteiger partial charge >= 0.3 is 12.0 Å². The van der Waals surface area contributed by atoms with Crippen LogP contribution in [0.15, 0.2) is 115 Å². The number of piperidine rings is 2. The number of para-hydroxylation sites is 2. The van der Waals surface area contributed by atoms with Gasteiger partial charge in [0.25, 0.3) is 5.91 Å². The molecule has 35 heteroatoms. The number of anilines is 2. The first-order valence-electron chi connectivity index (χ1n) is 44.5. The number of carboxylic acid groups (broad SMARTS) is 1. The number of pyridine rings is 2. The number of imidazole rings is 2. The highest BCUT2D eigenvalue weighted by molar-refractivity contribution is 7.90. The molecule has 0 bridgehead atoms. The van der Waals surface area contributed by atoms with Crippen LogP contribution in [0.2, 0.25) is 0 Å². The van der Waals surface area contributed by atoms with Crippen molar-refractivity contribution in [2.45, 2.75) is 168 Å². The summed E-state index contributed by atoms with van der Waals surface area (Å²) in [5, 5.41) is 26.8. The van der Waals surface area contributed by atoms with Gasteiger partial charge in [0.05, 0.1) is 88.7 Å². The molecular weight excluding hydrogens is 1610 g/mol. The monoisotopic (exact) mass is 1730 g/mol. The van der Waals surface area contributed by atoms with Gasteiger partial charge in [0.2, 0.25) is 31.9 Å². The Balaban J connectivity index is 0.000000145. The highest BCUT2D eigenvalue weighted by atomic mass is 32.2. The fraction of sp³-hybridized carbons (Fsp3) is 0.591. The molecule has 0 radical (unpaired) electrons. The number of carbonyl (C=O) groups excluding carboxylic acids is 4. The van der Waals surface area contributed by atoms with Crippen LogP contribution in [0.5, 0.6) is 0 Å². The topological polar surface area (TPSA) is 366 Å². The second-order valence-corrected chi connectivity index (χ2v) is 37.0. The lowest BCUT2D eigenvalue weighted by Crippen LogP contribution is -2.47. The van der Waals surface area contributed by atoms with E-state index in [4.69, 9.17) is 29.8 Å². The minimum atomic E-state index is -3.88. The van der Waals surface area contributed by atoms with Gasteiger partial charge in [0.1, 0.15) is 18.3 Å². The summed E-state index contributed by atoms with van der Waals surface area (Å²) in [5.41, 5.74) is 6.77. The number of nitrogens with one attached hydrogen (secondary N) is 1. The number of amidine groups is 1. The SMILES string of the molecule is C1CCC2=NCCCN2CC1.CC(=O)N1CC[C@@H]2CN(c3cc(C(=O)NS(=O)(=O)CCCN4CCOCC4)nc4c3c(C3CCC3)nn4-c3ccccc3)CC[C@@H]21.CC(=O)N1CC[C@@H]2CN(c3cc(C(=O)O)nc4c3c(C3CCC3)nn4-c3ccccc3)CC[C@@H]21.CCN(CC)CC.NS(=O)(=O)CCCN1CCOCC1.O=C(n1ccnc1)n1ccnc1. The molecule has 10 aliphatic rings. The number of nitrogens with two attached hydrogens (primary N) is 1. The van der Waals surface area contributed by atoms with E-state index in [9.17, 15) is 45.9 Å². The number of ether oxygens (including phenoxy) is 2. The summed E-state index contributed by atoms with van der Waals surface area (Å²) in [7, 11) is -7.17. The number of primary sulfonamides is 1. The largest absolute Gasteiger partial charge is 0.477 e. The Kier molecular flexibility index (Phi) is 32.1. The number of carboxylic acids is 1. The lowest BCUT2D eigenvalue weighted by atomic mass is 9.81. The lowest BCUT2D eigenvalue weighted by Gasteiger charge is -2.39. The number of sulfonamides is 2. The van der Waals surface area contributed by atoms with Crippen LogP contribution in [0.1, 0.15) is 188 Å². The van der Waals surface area contributed by atoms with Crippen molar-refractivity contribution in [2.75, 3.05) is 166 Å². The minimum absolute atomic E-state index is 0.0404. The van der Waals surface area contributed by atoms with Gasteiger partial charge in [-0.1, -0.05) is 76.4 Å². The summed E-state index contributed by atoms with van der Waals surface area (Å²) in [5.74, 6) is 1.21. The first-order valence-corrected chi connectivity index (χ1v) is 47.8. The maximum Gasteiger partial charge on any atom is 0.354 e. The first kappa shape index (κ1) is 91.1. The molecular formula is C88H125N21O12S2. The first-order chi connectivity index (χ1) is 59.5. The number of hydrogen-bond acceptors (Lipinski definition) is 24. The van der Waals surface area contributed by atoms with Crippen molar-refractivity contribution in [1.82, 2.24) is 82.8 Å². The highest BCUT2D eigenvalue weighted by Gasteiger charge is 2.43. The second kappa shape index (κ2) is 43.3. The van der Waals surface area contributed by atoms with Crippen molar-refractivity contribution in [2.24, 2.45) is 22.0 Å². The number of benzene rings is 2. The van der Waals surface area contributed by atoms with Crippen LogP contribution < -0.4 is 19.7 Å². The number of aromatic carboxylic acids is 1. The van der Waals surface area contributed by atoms with E-state index in [0.717, 1.165) is 188 Å². The molecule has 33 nitrogen and oxygen atoms in total. The normalized spacial score (nSPS) is 20.7. The van der Waals surface area contributed by atoms with Crippen LogP contribution >= 0.6 is 0 Å². The number of rotatable bonds is 20. The quantitative estimate of drug-likeness (QED) is 0.0639. The molecule has 4 N–H and O–H groups in total. The highest BCUT2D eigenvalue weighted by Crippen LogP contribution is 2.47. The molecule has 3 amide bonds. The summed E-state index contributed by atoms with van der Waals surface area (Å²) in [6.07, 6.45) is 27.1. The van der Waals surface area contributed by atoms with Gasteiger partial charge in [-0.15, -0.1) is 0 Å². The molecule has 2 saturated carbocycles. The molecule has 8 aromatic rings. The van der Waals surface area contributed by atoms with E-state index in [-0.39, 0.29) is 52.8 Å². The molecule has 7 saturated heterocycles. The average Bonchev–Trinajstić information content (AvgIpc) is 1.59. The van der Waals surface area contributed by atoms with Gasteiger partial charge < -0.3 is 44.0 Å².